The first-order valence-electron chi connectivity index (χ1n) is 10.3. The quantitative estimate of drug-likeness (QED) is 0.481. The second-order valence-corrected chi connectivity index (χ2v) is 8.39. The number of carbonyl (C=O) groups is 1. The molecule has 4 atom stereocenters. The lowest BCUT2D eigenvalue weighted by Crippen LogP contribution is -2.36. The minimum atomic E-state index is -0.453. The predicted octanol–water partition coefficient (Wildman–Crippen LogP) is 5.87. The van der Waals surface area contributed by atoms with Gasteiger partial charge in [-0.2, -0.15) is 0 Å². The Kier molecular flexibility index (Phi) is 6.35. The van der Waals surface area contributed by atoms with E-state index in [0.717, 1.165) is 11.1 Å². The summed E-state index contributed by atoms with van der Waals surface area (Å²) in [5.41, 5.74) is 3.38. The van der Waals surface area contributed by atoms with E-state index >= 15 is 0 Å². The molecule has 0 aliphatic heterocycles. The van der Waals surface area contributed by atoms with Gasteiger partial charge in [-0.05, 0) is 32.3 Å². The zero-order valence-electron chi connectivity index (χ0n) is 18.2. The lowest BCUT2D eigenvalue weighted by molar-refractivity contribution is 0.0847. The van der Waals surface area contributed by atoms with E-state index in [1.807, 2.05) is 44.2 Å². The number of ether oxygens (including phenoxy) is 1. The fourth-order valence-corrected chi connectivity index (χ4v) is 4.56. The van der Waals surface area contributed by atoms with E-state index in [1.54, 1.807) is 0 Å². The summed E-state index contributed by atoms with van der Waals surface area (Å²) in [5.74, 6) is -1.02. The summed E-state index contributed by atoms with van der Waals surface area (Å²) in [6, 6.07) is 12.8. The van der Waals surface area contributed by atoms with E-state index < -0.39 is 5.92 Å². The molecule has 0 fully saturated rings. The van der Waals surface area contributed by atoms with E-state index in [-0.39, 0.29) is 40.6 Å². The number of benzene rings is 2. The van der Waals surface area contributed by atoms with Gasteiger partial charge in [-0.25, -0.2) is 0 Å². The number of aromatic hydroxyl groups is 2. The number of ketones is 1. The van der Waals surface area contributed by atoms with Gasteiger partial charge in [0.1, 0.15) is 22.8 Å². The smallest absolute Gasteiger partial charge is 0.174 e. The van der Waals surface area contributed by atoms with Gasteiger partial charge in [0.2, 0.25) is 0 Å². The highest BCUT2D eigenvalue weighted by atomic mass is 16.5. The van der Waals surface area contributed by atoms with Crippen molar-refractivity contribution in [3.63, 3.8) is 0 Å². The van der Waals surface area contributed by atoms with Gasteiger partial charge in [0.05, 0.1) is 7.11 Å². The number of methoxy groups -OCH3 is 1. The highest BCUT2D eigenvalue weighted by molar-refractivity contribution is 6.04. The molecule has 30 heavy (non-hydrogen) atoms. The number of rotatable bonds is 5. The molecule has 0 aromatic heterocycles. The van der Waals surface area contributed by atoms with Gasteiger partial charge in [-0.15, -0.1) is 0 Å². The largest absolute Gasteiger partial charge is 0.507 e. The van der Waals surface area contributed by atoms with Crippen LogP contribution in [-0.2, 0) is 0 Å². The summed E-state index contributed by atoms with van der Waals surface area (Å²) in [6.07, 6.45) is 4.25. The van der Waals surface area contributed by atoms with Gasteiger partial charge in [0.15, 0.2) is 5.78 Å². The summed E-state index contributed by atoms with van der Waals surface area (Å²) in [7, 11) is 1.45. The Morgan fingerprint density at radius 3 is 2.20 bits per heavy atom. The van der Waals surface area contributed by atoms with Crippen LogP contribution in [-0.4, -0.2) is 23.1 Å². The van der Waals surface area contributed by atoms with Crippen LogP contribution in [0.25, 0.3) is 0 Å². The topological polar surface area (TPSA) is 66.8 Å². The van der Waals surface area contributed by atoms with E-state index in [2.05, 4.69) is 26.0 Å². The summed E-state index contributed by atoms with van der Waals surface area (Å²) in [6.45, 7) is 8.27. The van der Waals surface area contributed by atoms with Crippen molar-refractivity contribution in [2.75, 3.05) is 7.11 Å². The van der Waals surface area contributed by atoms with Gasteiger partial charge < -0.3 is 14.9 Å². The molecule has 0 saturated carbocycles. The van der Waals surface area contributed by atoms with Crippen LogP contribution in [0.1, 0.15) is 49.5 Å². The second kappa shape index (κ2) is 8.78. The first-order valence-corrected chi connectivity index (χ1v) is 10.3. The molecule has 0 bridgehead atoms. The van der Waals surface area contributed by atoms with Crippen molar-refractivity contribution in [1.82, 2.24) is 0 Å². The summed E-state index contributed by atoms with van der Waals surface area (Å²) in [5, 5.41) is 21.1. The average Bonchev–Trinajstić information content (AvgIpc) is 2.69. The fourth-order valence-electron chi connectivity index (χ4n) is 4.56. The molecule has 0 unspecified atom stereocenters. The predicted molar refractivity (Wildman–Crippen MR) is 119 cm³/mol. The molecule has 0 spiro atoms. The number of hydrogen-bond acceptors (Lipinski definition) is 4. The molecule has 0 amide bonds. The maximum atomic E-state index is 13.8. The van der Waals surface area contributed by atoms with Gasteiger partial charge in [0.25, 0.3) is 0 Å². The van der Waals surface area contributed by atoms with Crippen LogP contribution in [0.4, 0.5) is 0 Å². The van der Waals surface area contributed by atoms with Crippen LogP contribution >= 0.6 is 0 Å². The van der Waals surface area contributed by atoms with Crippen molar-refractivity contribution in [1.29, 1.82) is 0 Å². The average molecular weight is 407 g/mol. The molecule has 2 aromatic carbocycles. The Balaban J connectivity index is 2.20. The number of Topliss-reactive ketones (excluding diaryl/α,β-unsaturated/α-hetero) is 1. The highest BCUT2D eigenvalue weighted by Gasteiger charge is 2.42. The third kappa shape index (κ3) is 4.13. The maximum absolute atomic E-state index is 13.8. The third-order valence-corrected chi connectivity index (χ3v) is 6.08. The second-order valence-electron chi connectivity index (χ2n) is 8.39. The monoisotopic (exact) mass is 406 g/mol. The third-order valence-electron chi connectivity index (χ3n) is 6.08. The van der Waals surface area contributed by atoms with Gasteiger partial charge in [-0.1, -0.05) is 60.6 Å². The molecule has 1 aliphatic carbocycles. The minimum absolute atomic E-state index is 0.0472. The van der Waals surface area contributed by atoms with E-state index in [1.165, 1.54) is 24.8 Å². The molecule has 0 saturated heterocycles. The molecule has 0 heterocycles. The summed E-state index contributed by atoms with van der Waals surface area (Å²) >= 11 is 0. The Hall–Kier alpha value is -3.01. The molecule has 0 radical (unpaired) electrons. The fraction of sp³-hybridized carbons (Fsp3) is 0.346. The zero-order valence-corrected chi connectivity index (χ0v) is 18.2. The van der Waals surface area contributed by atoms with Crippen LogP contribution in [0.5, 0.6) is 17.2 Å². The molecule has 4 nitrogen and oxygen atoms in total. The Bertz CT molecular complexity index is 960. The number of allylic oxidation sites excluding steroid dienone is 4. The van der Waals surface area contributed by atoms with Crippen LogP contribution in [0, 0.1) is 17.8 Å². The molecule has 4 heteroatoms. The minimum Gasteiger partial charge on any atom is -0.507 e. The highest BCUT2D eigenvalue weighted by Crippen LogP contribution is 2.48. The number of phenolic OH excluding ortho intramolecular Hbond substituents is 2. The number of phenols is 2. The lowest BCUT2D eigenvalue weighted by Gasteiger charge is -2.40. The lowest BCUT2D eigenvalue weighted by atomic mass is 9.63. The van der Waals surface area contributed by atoms with Crippen LogP contribution in [0.15, 0.2) is 65.8 Å². The van der Waals surface area contributed by atoms with Crippen LogP contribution < -0.4 is 4.74 Å². The van der Waals surface area contributed by atoms with Crippen LogP contribution in [0.2, 0.25) is 0 Å². The molecule has 2 N–H and O–H groups in total. The Morgan fingerprint density at radius 2 is 1.67 bits per heavy atom. The van der Waals surface area contributed by atoms with Crippen molar-refractivity contribution in [2.24, 2.45) is 17.8 Å². The van der Waals surface area contributed by atoms with Crippen molar-refractivity contribution in [3.8, 4) is 17.2 Å². The summed E-state index contributed by atoms with van der Waals surface area (Å²) < 4.78 is 5.10. The first kappa shape index (κ1) is 21.7. The van der Waals surface area contributed by atoms with Crippen molar-refractivity contribution in [2.45, 2.75) is 33.6 Å². The standard InChI is InChI=1S/C26H30O4/c1-15(2)11-19-12-16(3)17(4)23(18-9-7-6-8-10-18)24(19)26(29)25-21(27)13-20(30-5)14-22(25)28/h6-14,17,19,23-24,27-28H,1-5H3/t17-,19-,23-,24+/m0/s1. The summed E-state index contributed by atoms with van der Waals surface area (Å²) in [4.78, 5) is 13.8. The molecular formula is C26H30O4. The van der Waals surface area contributed by atoms with Gasteiger partial charge in [-0.3, -0.25) is 4.79 Å². The zero-order chi connectivity index (χ0) is 22.0. The van der Waals surface area contributed by atoms with Crippen LogP contribution in [0.3, 0.4) is 0 Å². The first-order chi connectivity index (χ1) is 14.2. The van der Waals surface area contributed by atoms with E-state index in [4.69, 9.17) is 4.74 Å². The van der Waals surface area contributed by atoms with Gasteiger partial charge in [0, 0.05) is 29.9 Å². The van der Waals surface area contributed by atoms with Gasteiger partial charge >= 0.3 is 0 Å². The number of hydrogen-bond donors (Lipinski definition) is 2. The molecule has 2 aromatic rings. The Morgan fingerprint density at radius 1 is 1.07 bits per heavy atom. The molecule has 158 valence electrons. The normalized spacial score (nSPS) is 23.4. The molecular weight excluding hydrogens is 376 g/mol. The molecule has 3 rings (SSSR count). The maximum Gasteiger partial charge on any atom is 0.174 e. The Labute approximate surface area is 178 Å². The number of carbonyl (C=O) groups excluding carboxylic acids is 1. The van der Waals surface area contributed by atoms with Crippen molar-refractivity contribution in [3.05, 3.63) is 76.9 Å². The van der Waals surface area contributed by atoms with E-state index in [9.17, 15) is 15.0 Å². The molecule has 1 aliphatic rings. The SMILES string of the molecule is COc1cc(O)c(C(=O)[C@@H]2[C@@H](C=C(C)C)C=C(C)[C@H](C)[C@H]2c2ccccc2)c(O)c1. The van der Waals surface area contributed by atoms with E-state index in [0.29, 0.717) is 5.75 Å². The van der Waals surface area contributed by atoms with Crippen molar-refractivity contribution < 1.29 is 19.7 Å². The van der Waals surface area contributed by atoms with Crippen molar-refractivity contribution >= 4 is 5.78 Å².